The van der Waals surface area contributed by atoms with Gasteiger partial charge >= 0.3 is 5.97 Å². The molecule has 0 unspecified atom stereocenters. The van der Waals surface area contributed by atoms with Gasteiger partial charge in [0.05, 0.1) is 34.7 Å². The summed E-state index contributed by atoms with van der Waals surface area (Å²) in [6, 6.07) is 17.6. The summed E-state index contributed by atoms with van der Waals surface area (Å²) in [5, 5.41) is 0. The lowest BCUT2D eigenvalue weighted by Crippen LogP contribution is -2.40. The van der Waals surface area contributed by atoms with E-state index in [-0.39, 0.29) is 17.7 Å². The van der Waals surface area contributed by atoms with Gasteiger partial charge in [-0.1, -0.05) is 53.8 Å². The molecule has 170 valence electrons. The third kappa shape index (κ3) is 3.92. The van der Waals surface area contributed by atoms with Crippen molar-refractivity contribution < 1.29 is 18.3 Å². The van der Waals surface area contributed by atoms with Crippen LogP contribution >= 0.6 is 11.3 Å². The fraction of sp³-hybridized carbons (Fsp3) is 0.115. The van der Waals surface area contributed by atoms with Crippen LogP contribution in [-0.2, 0) is 9.53 Å². The Morgan fingerprint density at radius 3 is 2.59 bits per heavy atom. The molecule has 8 heteroatoms. The van der Waals surface area contributed by atoms with Crippen molar-refractivity contribution in [2.45, 2.75) is 13.0 Å². The van der Waals surface area contributed by atoms with Crippen molar-refractivity contribution in [1.82, 2.24) is 4.57 Å². The standard InChI is InChI=1S/C26H19FN2O4S/c1-2-32-25(31)21-22(16-7-4-3-5-8-16)28-26-29(23(21)17-10-12-18(27)13-11-17)24(30)20(34-26)15-19-9-6-14-33-19/h3-15,23H,2H2,1H3/b20-15-/t23-/m1/s1. The molecule has 0 bridgehead atoms. The first-order valence-corrected chi connectivity index (χ1v) is 11.5. The van der Waals surface area contributed by atoms with Gasteiger partial charge in [0.1, 0.15) is 11.6 Å². The van der Waals surface area contributed by atoms with E-state index in [1.165, 1.54) is 34.3 Å². The Labute approximate surface area is 197 Å². The molecule has 0 spiro atoms. The average Bonchev–Trinajstić information content (AvgIpc) is 3.47. The zero-order valence-electron chi connectivity index (χ0n) is 18.1. The first-order valence-electron chi connectivity index (χ1n) is 10.6. The van der Waals surface area contributed by atoms with Crippen LogP contribution in [0.5, 0.6) is 0 Å². The highest BCUT2D eigenvalue weighted by Crippen LogP contribution is 2.35. The Bertz CT molecular complexity index is 1550. The van der Waals surface area contributed by atoms with E-state index in [2.05, 4.69) is 0 Å². The molecule has 0 saturated heterocycles. The van der Waals surface area contributed by atoms with Crippen molar-refractivity contribution in [2.24, 2.45) is 4.99 Å². The molecule has 3 heterocycles. The second-order valence-corrected chi connectivity index (χ2v) is 8.51. The van der Waals surface area contributed by atoms with Crippen molar-refractivity contribution in [1.29, 1.82) is 0 Å². The van der Waals surface area contributed by atoms with Crippen LogP contribution in [0.25, 0.3) is 11.8 Å². The molecule has 2 aromatic carbocycles. The molecule has 0 fully saturated rings. The SMILES string of the molecule is CCOC(=O)C1=C(c2ccccc2)N=c2s/c(=C\c3ccco3)c(=O)n2[C@@H]1c1ccc(F)cc1. The number of carbonyl (C=O) groups is 1. The van der Waals surface area contributed by atoms with Gasteiger partial charge in [0.25, 0.3) is 5.56 Å². The molecule has 0 aliphatic carbocycles. The van der Waals surface area contributed by atoms with Crippen molar-refractivity contribution in [3.8, 4) is 0 Å². The number of fused-ring (bicyclic) bond motifs is 1. The second-order valence-electron chi connectivity index (χ2n) is 7.50. The fourth-order valence-corrected chi connectivity index (χ4v) is 4.88. The largest absolute Gasteiger partial charge is 0.465 e. The van der Waals surface area contributed by atoms with Crippen molar-refractivity contribution in [3.63, 3.8) is 0 Å². The Morgan fingerprint density at radius 2 is 1.91 bits per heavy atom. The predicted molar refractivity (Wildman–Crippen MR) is 126 cm³/mol. The molecule has 1 atom stereocenters. The second kappa shape index (κ2) is 9.07. The number of hydrogen-bond acceptors (Lipinski definition) is 6. The number of rotatable bonds is 5. The normalized spacial score (nSPS) is 15.7. The quantitative estimate of drug-likeness (QED) is 0.414. The molecule has 5 rings (SSSR count). The molecular formula is C26H19FN2O4S. The number of hydrogen-bond donors (Lipinski definition) is 0. The van der Waals surface area contributed by atoms with E-state index in [4.69, 9.17) is 14.1 Å². The Morgan fingerprint density at radius 1 is 1.15 bits per heavy atom. The van der Waals surface area contributed by atoms with Crippen molar-refractivity contribution >= 4 is 29.1 Å². The minimum atomic E-state index is -0.843. The van der Waals surface area contributed by atoms with Gasteiger partial charge in [0, 0.05) is 11.6 Å². The number of carbonyl (C=O) groups excluding carboxylic acids is 1. The van der Waals surface area contributed by atoms with Crippen LogP contribution in [0.1, 0.15) is 29.9 Å². The smallest absolute Gasteiger partial charge is 0.338 e. The Hall–Kier alpha value is -4.04. The van der Waals surface area contributed by atoms with Crippen LogP contribution in [0.3, 0.4) is 0 Å². The zero-order chi connectivity index (χ0) is 23.7. The molecule has 4 aromatic rings. The maximum Gasteiger partial charge on any atom is 0.338 e. The average molecular weight is 475 g/mol. The number of ether oxygens (including phenoxy) is 1. The highest BCUT2D eigenvalue weighted by atomic mass is 32.1. The molecule has 34 heavy (non-hydrogen) atoms. The van der Waals surface area contributed by atoms with Crippen molar-refractivity contribution in [3.05, 3.63) is 121 Å². The number of furan rings is 1. The summed E-state index contributed by atoms with van der Waals surface area (Å²) in [4.78, 5) is 32.0. The predicted octanol–water partition coefficient (Wildman–Crippen LogP) is 3.67. The summed E-state index contributed by atoms with van der Waals surface area (Å²) in [7, 11) is 0. The third-order valence-corrected chi connectivity index (χ3v) is 6.36. The highest BCUT2D eigenvalue weighted by Gasteiger charge is 2.35. The minimum Gasteiger partial charge on any atom is -0.465 e. The number of aromatic nitrogens is 1. The summed E-state index contributed by atoms with van der Waals surface area (Å²) < 4.78 is 26.4. The van der Waals surface area contributed by atoms with Gasteiger partial charge in [0.15, 0.2) is 4.80 Å². The Kier molecular flexibility index (Phi) is 5.81. The summed E-state index contributed by atoms with van der Waals surface area (Å²) in [5.41, 5.74) is 1.58. The number of benzene rings is 2. The number of nitrogens with zero attached hydrogens (tertiary/aromatic N) is 2. The molecule has 0 N–H and O–H groups in total. The number of thiazole rings is 1. The molecule has 1 aliphatic rings. The summed E-state index contributed by atoms with van der Waals surface area (Å²) >= 11 is 1.20. The third-order valence-electron chi connectivity index (χ3n) is 5.38. The van der Waals surface area contributed by atoms with Crippen LogP contribution in [0.15, 0.2) is 92.8 Å². The first kappa shape index (κ1) is 21.8. The van der Waals surface area contributed by atoms with E-state index in [1.807, 2.05) is 30.3 Å². The van der Waals surface area contributed by atoms with E-state index in [1.54, 1.807) is 37.3 Å². The van der Waals surface area contributed by atoms with Gasteiger partial charge < -0.3 is 9.15 Å². The first-order chi connectivity index (χ1) is 16.6. The molecule has 0 saturated carbocycles. The molecule has 6 nitrogen and oxygen atoms in total. The monoisotopic (exact) mass is 474 g/mol. The Balaban J connectivity index is 1.84. The van der Waals surface area contributed by atoms with Gasteiger partial charge in [-0.25, -0.2) is 14.2 Å². The summed E-state index contributed by atoms with van der Waals surface area (Å²) in [6.07, 6.45) is 3.17. The van der Waals surface area contributed by atoms with Gasteiger partial charge in [-0.05, 0) is 36.8 Å². The van der Waals surface area contributed by atoms with Gasteiger partial charge in [-0.15, -0.1) is 0 Å². The zero-order valence-corrected chi connectivity index (χ0v) is 18.9. The molecular weight excluding hydrogens is 455 g/mol. The molecule has 0 amide bonds. The summed E-state index contributed by atoms with van der Waals surface area (Å²) in [6.45, 7) is 1.87. The maximum atomic E-state index is 13.8. The van der Waals surface area contributed by atoms with Gasteiger partial charge in [-0.2, -0.15) is 0 Å². The van der Waals surface area contributed by atoms with E-state index < -0.39 is 17.8 Å². The van der Waals surface area contributed by atoms with Crippen LogP contribution in [0.4, 0.5) is 4.39 Å². The van der Waals surface area contributed by atoms with Gasteiger partial charge in [0.2, 0.25) is 0 Å². The van der Waals surface area contributed by atoms with Crippen LogP contribution in [0, 0.1) is 5.82 Å². The van der Waals surface area contributed by atoms with E-state index in [0.29, 0.717) is 31.9 Å². The van der Waals surface area contributed by atoms with Crippen LogP contribution < -0.4 is 14.9 Å². The molecule has 0 radical (unpaired) electrons. The lowest BCUT2D eigenvalue weighted by Gasteiger charge is -2.25. The van der Waals surface area contributed by atoms with Crippen LogP contribution in [-0.4, -0.2) is 17.1 Å². The lowest BCUT2D eigenvalue weighted by molar-refractivity contribution is -0.138. The summed E-state index contributed by atoms with van der Waals surface area (Å²) in [5.74, 6) is -0.477. The number of halogens is 1. The van der Waals surface area contributed by atoms with Gasteiger partial charge in [-0.3, -0.25) is 9.36 Å². The van der Waals surface area contributed by atoms with E-state index in [9.17, 15) is 14.0 Å². The van der Waals surface area contributed by atoms with E-state index >= 15 is 0 Å². The minimum absolute atomic E-state index is 0.156. The lowest BCUT2D eigenvalue weighted by atomic mass is 9.93. The molecule has 2 aromatic heterocycles. The maximum absolute atomic E-state index is 13.8. The fourth-order valence-electron chi connectivity index (χ4n) is 3.90. The van der Waals surface area contributed by atoms with Crippen LogP contribution in [0.2, 0.25) is 0 Å². The number of esters is 1. The van der Waals surface area contributed by atoms with Crippen molar-refractivity contribution in [2.75, 3.05) is 6.61 Å². The topological polar surface area (TPSA) is 73.8 Å². The highest BCUT2D eigenvalue weighted by molar-refractivity contribution is 7.07. The molecule has 1 aliphatic heterocycles. The van der Waals surface area contributed by atoms with E-state index in [0.717, 1.165) is 0 Å².